The lowest BCUT2D eigenvalue weighted by Crippen LogP contribution is -2.13. The van der Waals surface area contributed by atoms with E-state index in [2.05, 4.69) is 0 Å². The van der Waals surface area contributed by atoms with Crippen LogP contribution in [0.25, 0.3) is 0 Å². The van der Waals surface area contributed by atoms with Gasteiger partial charge in [0.05, 0.1) is 6.42 Å². The average molecular weight is 153 g/mol. The van der Waals surface area contributed by atoms with Crippen molar-refractivity contribution in [1.82, 2.24) is 0 Å². The molecule has 0 radical (unpaired) electrons. The summed E-state index contributed by atoms with van der Waals surface area (Å²) in [5.41, 5.74) is 5.95. The van der Waals surface area contributed by atoms with Crippen LogP contribution in [0.1, 0.15) is 14.4 Å². The maximum Gasteiger partial charge on any atom is 0.221 e. The Kier molecular flexibility index (Phi) is 3.96. The second kappa shape index (κ2) is 4.50. The highest BCUT2D eigenvalue weighted by Gasteiger charge is 1.94. The van der Waals surface area contributed by atoms with Crippen LogP contribution < -0.4 is 5.73 Å². The normalized spacial score (nSPS) is 8.36. The molecular weight excluding hydrogens is 138 g/mol. The van der Waals surface area contributed by atoms with E-state index < -0.39 is 0 Å². The van der Waals surface area contributed by atoms with Crippen molar-refractivity contribution in [2.24, 2.45) is 5.73 Å². The minimum atomic E-state index is -0.286. The molecule has 2 heteroatoms. The predicted molar refractivity (Wildman–Crippen MR) is 48.2 cm³/mol. The van der Waals surface area contributed by atoms with Crippen LogP contribution in [0.5, 0.6) is 0 Å². The van der Waals surface area contributed by atoms with Crippen molar-refractivity contribution < 1.29 is 6.22 Å². The van der Waals surface area contributed by atoms with Gasteiger partial charge in [-0.15, -0.1) is 0 Å². The van der Waals surface area contributed by atoms with Gasteiger partial charge in [-0.3, -0.25) is 4.79 Å². The van der Waals surface area contributed by atoms with Crippen molar-refractivity contribution in [3.8, 4) is 0 Å². The summed E-state index contributed by atoms with van der Waals surface area (Å²) in [6.07, 6.45) is 0.334. The number of benzene rings is 1. The fourth-order valence-electron chi connectivity index (χ4n) is 0.797. The topological polar surface area (TPSA) is 43.1 Å². The third kappa shape index (κ3) is 3.40. The molecule has 0 saturated heterocycles. The maximum absolute atomic E-state index is 10.4. The molecule has 0 heterocycles. The largest absolute Gasteiger partial charge is 0.369 e. The van der Waals surface area contributed by atoms with Crippen LogP contribution in [0, 0.1) is 0 Å². The summed E-state index contributed by atoms with van der Waals surface area (Å²) in [5.74, 6) is -0.286. The summed E-state index contributed by atoms with van der Waals surface area (Å²) in [4.78, 5) is 10.4. The number of primary amides is 1. The van der Waals surface area contributed by atoms with E-state index in [1.807, 2.05) is 30.3 Å². The van der Waals surface area contributed by atoms with E-state index in [4.69, 9.17) is 5.73 Å². The summed E-state index contributed by atoms with van der Waals surface area (Å²) in [6.45, 7) is 0. The van der Waals surface area contributed by atoms with Gasteiger partial charge in [0.25, 0.3) is 0 Å². The predicted octanol–water partition coefficient (Wildman–Crippen LogP) is 1.60. The minimum Gasteiger partial charge on any atom is -0.369 e. The second-order valence-electron chi connectivity index (χ2n) is 2.13. The SMILES string of the molecule is C.NC(=O)Cc1ccccc1.[HH]. The van der Waals surface area contributed by atoms with Gasteiger partial charge in [0, 0.05) is 1.43 Å². The Morgan fingerprint density at radius 2 is 1.91 bits per heavy atom. The number of carbonyl (C=O) groups excluding carboxylic acids is 1. The third-order valence-corrected chi connectivity index (χ3v) is 1.22. The first-order chi connectivity index (χ1) is 4.79. The monoisotopic (exact) mass is 153 g/mol. The molecule has 0 fully saturated rings. The zero-order chi connectivity index (χ0) is 7.40. The number of hydrogen-bond acceptors (Lipinski definition) is 1. The number of nitrogens with two attached hydrogens (primary N) is 1. The molecule has 0 aromatic heterocycles. The van der Waals surface area contributed by atoms with Gasteiger partial charge in [0.15, 0.2) is 0 Å². The van der Waals surface area contributed by atoms with E-state index >= 15 is 0 Å². The molecule has 0 atom stereocenters. The average Bonchev–Trinajstić information content (AvgIpc) is 1.88. The molecule has 0 aliphatic carbocycles. The van der Waals surface area contributed by atoms with Crippen LogP contribution in [0.4, 0.5) is 0 Å². The van der Waals surface area contributed by atoms with E-state index in [1.54, 1.807) is 0 Å². The highest BCUT2D eigenvalue weighted by atomic mass is 16.1. The standard InChI is InChI=1S/C8H9NO.CH4.H2/c9-8(10)6-7-4-2-1-3-5-7;;/h1-5H,6H2,(H2,9,10);1H4;1H. The summed E-state index contributed by atoms with van der Waals surface area (Å²) in [5, 5.41) is 0. The van der Waals surface area contributed by atoms with E-state index in [9.17, 15) is 4.79 Å². The second-order valence-corrected chi connectivity index (χ2v) is 2.13. The van der Waals surface area contributed by atoms with E-state index in [1.165, 1.54) is 0 Å². The molecule has 2 N–H and O–H groups in total. The molecule has 0 aliphatic heterocycles. The lowest BCUT2D eigenvalue weighted by atomic mass is 10.1. The van der Waals surface area contributed by atoms with Gasteiger partial charge in [0.1, 0.15) is 0 Å². The van der Waals surface area contributed by atoms with Crippen LogP contribution >= 0.6 is 0 Å². The number of carbonyl (C=O) groups is 1. The Hall–Kier alpha value is -1.31. The van der Waals surface area contributed by atoms with Crippen molar-refractivity contribution in [3.05, 3.63) is 35.9 Å². The van der Waals surface area contributed by atoms with Gasteiger partial charge in [-0.2, -0.15) is 0 Å². The molecule has 0 spiro atoms. The van der Waals surface area contributed by atoms with Gasteiger partial charge < -0.3 is 5.73 Å². The zero-order valence-corrected chi connectivity index (χ0v) is 5.58. The molecule has 1 amide bonds. The maximum atomic E-state index is 10.4. The van der Waals surface area contributed by atoms with E-state index in [-0.39, 0.29) is 14.8 Å². The molecule has 1 aromatic rings. The minimum absolute atomic E-state index is 0. The Morgan fingerprint density at radius 3 is 2.36 bits per heavy atom. The van der Waals surface area contributed by atoms with Crippen molar-refractivity contribution in [1.29, 1.82) is 0 Å². The summed E-state index contributed by atoms with van der Waals surface area (Å²) < 4.78 is 0. The smallest absolute Gasteiger partial charge is 0.221 e. The Bertz CT molecular complexity index is 223. The fourth-order valence-corrected chi connectivity index (χ4v) is 0.797. The highest BCUT2D eigenvalue weighted by Crippen LogP contribution is 1.97. The molecule has 11 heavy (non-hydrogen) atoms. The highest BCUT2D eigenvalue weighted by molar-refractivity contribution is 5.76. The summed E-state index contributed by atoms with van der Waals surface area (Å²) in [7, 11) is 0. The van der Waals surface area contributed by atoms with E-state index in [0.717, 1.165) is 5.56 Å². The van der Waals surface area contributed by atoms with E-state index in [0.29, 0.717) is 6.42 Å². The zero-order valence-electron chi connectivity index (χ0n) is 5.58. The van der Waals surface area contributed by atoms with Crippen LogP contribution in [0.2, 0.25) is 0 Å². The molecule has 1 aromatic carbocycles. The summed E-state index contributed by atoms with van der Waals surface area (Å²) >= 11 is 0. The van der Waals surface area contributed by atoms with Gasteiger partial charge in [-0.1, -0.05) is 37.8 Å². The number of amides is 1. The first-order valence-electron chi connectivity index (χ1n) is 3.11. The molecule has 0 saturated carbocycles. The third-order valence-electron chi connectivity index (χ3n) is 1.22. The van der Waals surface area contributed by atoms with Crippen LogP contribution in [-0.2, 0) is 11.2 Å². The molecule has 2 nitrogen and oxygen atoms in total. The molecule has 62 valence electrons. The van der Waals surface area contributed by atoms with Crippen LogP contribution in [0.15, 0.2) is 30.3 Å². The molecule has 0 aliphatic rings. The van der Waals surface area contributed by atoms with Crippen molar-refractivity contribution in [2.75, 3.05) is 0 Å². The number of hydrogen-bond donors (Lipinski definition) is 1. The lowest BCUT2D eigenvalue weighted by Gasteiger charge is -1.93. The molecule has 0 bridgehead atoms. The van der Waals surface area contributed by atoms with Crippen LogP contribution in [-0.4, -0.2) is 5.91 Å². The Labute approximate surface area is 68.5 Å². The van der Waals surface area contributed by atoms with Crippen molar-refractivity contribution >= 4 is 5.91 Å². The van der Waals surface area contributed by atoms with Gasteiger partial charge >= 0.3 is 0 Å². The van der Waals surface area contributed by atoms with Gasteiger partial charge in [-0.05, 0) is 5.56 Å². The van der Waals surface area contributed by atoms with Crippen molar-refractivity contribution in [2.45, 2.75) is 13.8 Å². The van der Waals surface area contributed by atoms with Gasteiger partial charge in [-0.25, -0.2) is 0 Å². The van der Waals surface area contributed by atoms with Crippen LogP contribution in [0.3, 0.4) is 0 Å². The molecule has 0 unspecified atom stereocenters. The number of rotatable bonds is 2. The fraction of sp³-hybridized carbons (Fsp3) is 0.222. The molecular formula is C9H15NO. The Balaban J connectivity index is 0. The quantitative estimate of drug-likeness (QED) is 0.689. The van der Waals surface area contributed by atoms with Gasteiger partial charge in [0.2, 0.25) is 5.91 Å². The first-order valence-corrected chi connectivity index (χ1v) is 3.11. The Morgan fingerprint density at radius 1 is 1.36 bits per heavy atom. The lowest BCUT2D eigenvalue weighted by molar-refractivity contribution is -0.117. The summed E-state index contributed by atoms with van der Waals surface area (Å²) in [6, 6.07) is 9.44. The molecule has 1 rings (SSSR count). The first kappa shape index (κ1) is 9.69. The van der Waals surface area contributed by atoms with Crippen molar-refractivity contribution in [3.63, 3.8) is 0 Å².